The highest BCUT2D eigenvalue weighted by atomic mass is 16.2. The summed E-state index contributed by atoms with van der Waals surface area (Å²) in [6.45, 7) is 3.45. The van der Waals surface area contributed by atoms with Crippen molar-refractivity contribution in [3.05, 3.63) is 65.7 Å². The van der Waals surface area contributed by atoms with Crippen LogP contribution in [0.25, 0.3) is 0 Å². The van der Waals surface area contributed by atoms with E-state index in [4.69, 9.17) is 0 Å². The van der Waals surface area contributed by atoms with Gasteiger partial charge in [-0.15, -0.1) is 0 Å². The van der Waals surface area contributed by atoms with Gasteiger partial charge >= 0.3 is 0 Å². The van der Waals surface area contributed by atoms with Crippen LogP contribution in [0.4, 0.5) is 5.69 Å². The van der Waals surface area contributed by atoms with Gasteiger partial charge in [-0.1, -0.05) is 30.3 Å². The van der Waals surface area contributed by atoms with Gasteiger partial charge in [0.15, 0.2) is 0 Å². The van der Waals surface area contributed by atoms with Crippen molar-refractivity contribution in [2.45, 2.75) is 26.4 Å². The zero-order chi connectivity index (χ0) is 18.2. The predicted octanol–water partition coefficient (Wildman–Crippen LogP) is 2.08. The van der Waals surface area contributed by atoms with E-state index in [0.29, 0.717) is 17.8 Å². The topological polar surface area (TPSA) is 87.3 Å². The number of benzene rings is 2. The van der Waals surface area contributed by atoms with Gasteiger partial charge in [-0.2, -0.15) is 0 Å². The van der Waals surface area contributed by atoms with Gasteiger partial charge in [0, 0.05) is 24.7 Å². The Kier molecular flexibility index (Phi) is 6.28. The third-order valence-electron chi connectivity index (χ3n) is 3.52. The maximum absolute atomic E-state index is 12.2. The lowest BCUT2D eigenvalue weighted by Gasteiger charge is -2.14. The molecule has 0 aliphatic heterocycles. The first-order valence-corrected chi connectivity index (χ1v) is 7.96. The zero-order valence-corrected chi connectivity index (χ0v) is 14.2. The Bertz CT molecular complexity index is 742. The lowest BCUT2D eigenvalue weighted by molar-refractivity contribution is -0.122. The molecule has 0 fully saturated rings. The van der Waals surface area contributed by atoms with Crippen molar-refractivity contribution in [2.24, 2.45) is 0 Å². The molecule has 0 bridgehead atoms. The summed E-state index contributed by atoms with van der Waals surface area (Å²) in [5.41, 5.74) is 2.01. The highest BCUT2D eigenvalue weighted by Gasteiger charge is 2.16. The molecule has 6 heteroatoms. The Hall–Kier alpha value is -3.15. The Labute approximate surface area is 146 Å². The molecule has 3 amide bonds. The van der Waals surface area contributed by atoms with Crippen molar-refractivity contribution in [2.75, 3.05) is 5.32 Å². The van der Waals surface area contributed by atoms with Crippen molar-refractivity contribution in [1.82, 2.24) is 10.6 Å². The number of amides is 3. The minimum atomic E-state index is -0.661. The van der Waals surface area contributed by atoms with Crippen LogP contribution in [0.15, 0.2) is 54.6 Å². The third-order valence-corrected chi connectivity index (χ3v) is 3.52. The summed E-state index contributed by atoms with van der Waals surface area (Å²) in [5, 5.41) is 8.07. The van der Waals surface area contributed by atoms with E-state index in [-0.39, 0.29) is 17.7 Å². The number of nitrogens with one attached hydrogen (secondary N) is 3. The maximum Gasteiger partial charge on any atom is 0.251 e. The Morgan fingerprint density at radius 1 is 0.960 bits per heavy atom. The SMILES string of the molecule is CC(=O)Nc1ccc(C(=O)NC(C)C(=O)NCc2ccccc2)cc1. The van der Waals surface area contributed by atoms with Gasteiger partial charge in [0.25, 0.3) is 5.91 Å². The molecule has 130 valence electrons. The van der Waals surface area contributed by atoms with E-state index in [1.165, 1.54) is 6.92 Å². The van der Waals surface area contributed by atoms with E-state index >= 15 is 0 Å². The smallest absolute Gasteiger partial charge is 0.251 e. The van der Waals surface area contributed by atoms with Crippen molar-refractivity contribution in [3.8, 4) is 0 Å². The quantitative estimate of drug-likeness (QED) is 0.753. The summed E-state index contributed by atoms with van der Waals surface area (Å²) in [7, 11) is 0. The van der Waals surface area contributed by atoms with Crippen LogP contribution in [-0.2, 0) is 16.1 Å². The van der Waals surface area contributed by atoms with Crippen molar-refractivity contribution >= 4 is 23.4 Å². The fraction of sp³-hybridized carbons (Fsp3) is 0.211. The van der Waals surface area contributed by atoms with Crippen LogP contribution in [0.5, 0.6) is 0 Å². The molecule has 0 aliphatic rings. The lowest BCUT2D eigenvalue weighted by Crippen LogP contribution is -2.44. The van der Waals surface area contributed by atoms with Gasteiger partial charge in [0.1, 0.15) is 6.04 Å². The molecule has 0 radical (unpaired) electrons. The molecule has 3 N–H and O–H groups in total. The first-order valence-electron chi connectivity index (χ1n) is 7.96. The van der Waals surface area contributed by atoms with Crippen molar-refractivity contribution in [3.63, 3.8) is 0 Å². The summed E-state index contributed by atoms with van der Waals surface area (Å²) >= 11 is 0. The summed E-state index contributed by atoms with van der Waals surface area (Å²) in [5.74, 6) is -0.787. The number of hydrogen-bond acceptors (Lipinski definition) is 3. The molecular formula is C19H21N3O3. The van der Waals surface area contributed by atoms with Gasteiger partial charge in [-0.3, -0.25) is 14.4 Å². The average molecular weight is 339 g/mol. The third kappa shape index (κ3) is 5.76. The number of carbonyl (C=O) groups is 3. The molecule has 25 heavy (non-hydrogen) atoms. The fourth-order valence-electron chi connectivity index (χ4n) is 2.19. The second kappa shape index (κ2) is 8.63. The van der Waals surface area contributed by atoms with E-state index in [9.17, 15) is 14.4 Å². The van der Waals surface area contributed by atoms with Gasteiger partial charge in [0.2, 0.25) is 11.8 Å². The predicted molar refractivity (Wildman–Crippen MR) is 96.0 cm³/mol. The average Bonchev–Trinajstić information content (AvgIpc) is 2.60. The highest BCUT2D eigenvalue weighted by molar-refractivity contribution is 5.98. The normalized spacial score (nSPS) is 11.3. The van der Waals surface area contributed by atoms with Crippen molar-refractivity contribution < 1.29 is 14.4 Å². The van der Waals surface area contributed by atoms with E-state index in [1.54, 1.807) is 31.2 Å². The van der Waals surface area contributed by atoms with Crippen LogP contribution >= 0.6 is 0 Å². The van der Waals surface area contributed by atoms with E-state index < -0.39 is 6.04 Å². The first-order chi connectivity index (χ1) is 12.0. The fourth-order valence-corrected chi connectivity index (χ4v) is 2.19. The van der Waals surface area contributed by atoms with Crippen LogP contribution in [0.1, 0.15) is 29.8 Å². The summed E-state index contributed by atoms with van der Waals surface area (Å²) < 4.78 is 0. The Morgan fingerprint density at radius 3 is 2.20 bits per heavy atom. The molecule has 0 aromatic heterocycles. The second-order valence-electron chi connectivity index (χ2n) is 5.66. The molecule has 0 heterocycles. The largest absolute Gasteiger partial charge is 0.350 e. The zero-order valence-electron chi connectivity index (χ0n) is 14.2. The monoisotopic (exact) mass is 339 g/mol. The molecular weight excluding hydrogens is 318 g/mol. The number of hydrogen-bond donors (Lipinski definition) is 3. The molecule has 0 aliphatic carbocycles. The molecule has 1 atom stereocenters. The highest BCUT2D eigenvalue weighted by Crippen LogP contribution is 2.09. The summed E-state index contributed by atoms with van der Waals surface area (Å²) in [6, 6.07) is 15.3. The van der Waals surface area contributed by atoms with Gasteiger partial charge in [-0.05, 0) is 36.8 Å². The van der Waals surface area contributed by atoms with Crippen molar-refractivity contribution in [1.29, 1.82) is 0 Å². The second-order valence-corrected chi connectivity index (χ2v) is 5.66. The molecule has 0 spiro atoms. The minimum Gasteiger partial charge on any atom is -0.350 e. The summed E-state index contributed by atoms with van der Waals surface area (Å²) in [4.78, 5) is 35.3. The van der Waals surface area contributed by atoms with Crippen LogP contribution in [0.3, 0.4) is 0 Å². The number of rotatable bonds is 6. The van der Waals surface area contributed by atoms with Crippen LogP contribution in [0.2, 0.25) is 0 Å². The van der Waals surface area contributed by atoms with Crippen LogP contribution in [-0.4, -0.2) is 23.8 Å². The molecule has 6 nitrogen and oxygen atoms in total. The van der Waals surface area contributed by atoms with E-state index in [0.717, 1.165) is 5.56 Å². The molecule has 0 saturated carbocycles. The lowest BCUT2D eigenvalue weighted by atomic mass is 10.1. The van der Waals surface area contributed by atoms with Crippen LogP contribution < -0.4 is 16.0 Å². The van der Waals surface area contributed by atoms with E-state index in [2.05, 4.69) is 16.0 Å². The van der Waals surface area contributed by atoms with E-state index in [1.807, 2.05) is 30.3 Å². The standard InChI is InChI=1S/C19H21N3O3/c1-13(18(24)20-12-15-6-4-3-5-7-15)21-19(25)16-8-10-17(11-9-16)22-14(2)23/h3-11,13H,12H2,1-2H3,(H,20,24)(H,21,25)(H,22,23). The Morgan fingerprint density at radius 2 is 1.60 bits per heavy atom. The molecule has 2 aromatic carbocycles. The van der Waals surface area contributed by atoms with Gasteiger partial charge in [0.05, 0.1) is 0 Å². The van der Waals surface area contributed by atoms with Gasteiger partial charge in [-0.25, -0.2) is 0 Å². The Balaban J connectivity index is 1.86. The maximum atomic E-state index is 12.2. The summed E-state index contributed by atoms with van der Waals surface area (Å²) in [6.07, 6.45) is 0. The minimum absolute atomic E-state index is 0.180. The molecule has 1 unspecified atom stereocenters. The number of anilines is 1. The molecule has 2 aromatic rings. The van der Waals surface area contributed by atoms with Crippen LogP contribution in [0, 0.1) is 0 Å². The van der Waals surface area contributed by atoms with Gasteiger partial charge < -0.3 is 16.0 Å². The molecule has 2 rings (SSSR count). The molecule has 0 saturated heterocycles. The first kappa shape index (κ1) is 18.2. The number of carbonyl (C=O) groups excluding carboxylic acids is 3.